The van der Waals surface area contributed by atoms with Crippen molar-refractivity contribution in [1.29, 1.82) is 0 Å². The van der Waals surface area contributed by atoms with Crippen LogP contribution in [0.5, 0.6) is 0 Å². The third kappa shape index (κ3) is 4.98. The zero-order chi connectivity index (χ0) is 11.8. The third-order valence-electron chi connectivity index (χ3n) is 2.85. The predicted molar refractivity (Wildman–Crippen MR) is 68.5 cm³/mol. The van der Waals surface area contributed by atoms with Crippen LogP contribution in [0.3, 0.4) is 0 Å². The highest BCUT2D eigenvalue weighted by Crippen LogP contribution is 2.18. The van der Waals surface area contributed by atoms with E-state index in [0.29, 0.717) is 11.8 Å². The molecule has 0 saturated carbocycles. The van der Waals surface area contributed by atoms with Crippen LogP contribution in [0.15, 0.2) is 24.3 Å². The smallest absolute Gasteiger partial charge is 0.123 e. The maximum atomic E-state index is 13.0. The van der Waals surface area contributed by atoms with E-state index in [1.807, 2.05) is 6.07 Å². The molecule has 2 heteroatoms. The van der Waals surface area contributed by atoms with E-state index in [2.05, 4.69) is 6.92 Å². The second-order valence-electron chi connectivity index (χ2n) is 4.35. The first-order valence-corrected chi connectivity index (χ1v) is 6.60. The molecule has 0 aliphatic carbocycles. The molecule has 0 nitrogen and oxygen atoms in total. The van der Waals surface area contributed by atoms with Crippen LogP contribution in [0, 0.1) is 11.7 Å². The SMILES string of the molecule is CCCCCC(CCl)Cc1cccc(F)c1. The monoisotopic (exact) mass is 242 g/mol. The Kier molecular flexibility index (Phi) is 6.47. The topological polar surface area (TPSA) is 0 Å². The van der Waals surface area contributed by atoms with E-state index in [9.17, 15) is 4.39 Å². The molecule has 1 aromatic carbocycles. The normalized spacial score (nSPS) is 12.7. The number of hydrogen-bond acceptors (Lipinski definition) is 0. The average Bonchev–Trinajstić information content (AvgIpc) is 2.28. The van der Waals surface area contributed by atoms with Crippen molar-refractivity contribution in [1.82, 2.24) is 0 Å². The average molecular weight is 243 g/mol. The van der Waals surface area contributed by atoms with Gasteiger partial charge in [0.2, 0.25) is 0 Å². The number of alkyl halides is 1. The molecule has 0 heterocycles. The second-order valence-corrected chi connectivity index (χ2v) is 4.66. The van der Waals surface area contributed by atoms with Crippen molar-refractivity contribution < 1.29 is 4.39 Å². The molecule has 0 amide bonds. The molecular weight excluding hydrogens is 223 g/mol. The zero-order valence-electron chi connectivity index (χ0n) is 9.89. The Bertz CT molecular complexity index is 299. The van der Waals surface area contributed by atoms with Crippen LogP contribution in [0.4, 0.5) is 4.39 Å². The summed E-state index contributed by atoms with van der Waals surface area (Å²) in [5, 5.41) is 0. The first kappa shape index (κ1) is 13.5. The van der Waals surface area contributed by atoms with Crippen molar-refractivity contribution >= 4 is 11.6 Å². The summed E-state index contributed by atoms with van der Waals surface area (Å²) in [5.74, 6) is 0.995. The number of halogens is 2. The highest BCUT2D eigenvalue weighted by Gasteiger charge is 2.08. The molecular formula is C14H20ClF. The number of hydrogen-bond donors (Lipinski definition) is 0. The minimum Gasteiger partial charge on any atom is -0.207 e. The van der Waals surface area contributed by atoms with Gasteiger partial charge in [-0.1, -0.05) is 38.3 Å². The quantitative estimate of drug-likeness (QED) is 0.476. The zero-order valence-corrected chi connectivity index (χ0v) is 10.6. The van der Waals surface area contributed by atoms with Crippen molar-refractivity contribution in [3.05, 3.63) is 35.6 Å². The third-order valence-corrected chi connectivity index (χ3v) is 3.28. The Morgan fingerprint density at radius 1 is 1.31 bits per heavy atom. The molecule has 1 atom stereocenters. The van der Waals surface area contributed by atoms with Gasteiger partial charge < -0.3 is 0 Å². The largest absolute Gasteiger partial charge is 0.207 e. The molecule has 0 N–H and O–H groups in total. The standard InChI is InChI=1S/C14H20ClF/c1-2-3-4-6-13(11-15)9-12-7-5-8-14(16)10-12/h5,7-8,10,13H,2-4,6,9,11H2,1H3. The van der Waals surface area contributed by atoms with E-state index < -0.39 is 0 Å². The van der Waals surface area contributed by atoms with Crippen molar-refractivity contribution in [2.24, 2.45) is 5.92 Å². The predicted octanol–water partition coefficient (Wildman–Crippen LogP) is 4.80. The maximum Gasteiger partial charge on any atom is 0.123 e. The summed E-state index contributed by atoms with van der Waals surface area (Å²) in [7, 11) is 0. The Balaban J connectivity index is 2.43. The van der Waals surface area contributed by atoms with Crippen LogP contribution in [-0.2, 0) is 6.42 Å². The number of unbranched alkanes of at least 4 members (excludes halogenated alkanes) is 2. The van der Waals surface area contributed by atoms with E-state index in [4.69, 9.17) is 11.6 Å². The van der Waals surface area contributed by atoms with E-state index in [1.54, 1.807) is 12.1 Å². The molecule has 0 aromatic heterocycles. The summed E-state index contributed by atoms with van der Waals surface area (Å²) >= 11 is 5.94. The molecule has 0 spiro atoms. The molecule has 16 heavy (non-hydrogen) atoms. The Morgan fingerprint density at radius 2 is 2.12 bits per heavy atom. The minimum absolute atomic E-state index is 0.153. The van der Waals surface area contributed by atoms with Crippen LogP contribution in [0.2, 0.25) is 0 Å². The van der Waals surface area contributed by atoms with Gasteiger partial charge in [0.05, 0.1) is 0 Å². The van der Waals surface area contributed by atoms with Crippen LogP contribution in [0.1, 0.15) is 38.2 Å². The summed E-state index contributed by atoms with van der Waals surface area (Å²) in [5.41, 5.74) is 1.06. The van der Waals surface area contributed by atoms with Gasteiger partial charge in [-0.2, -0.15) is 0 Å². The lowest BCUT2D eigenvalue weighted by Gasteiger charge is -2.13. The lowest BCUT2D eigenvalue weighted by atomic mass is 9.95. The molecule has 0 saturated heterocycles. The van der Waals surface area contributed by atoms with Crippen LogP contribution in [0.25, 0.3) is 0 Å². The van der Waals surface area contributed by atoms with Crippen LogP contribution >= 0.6 is 11.6 Å². The summed E-state index contributed by atoms with van der Waals surface area (Å²) in [6.45, 7) is 2.20. The van der Waals surface area contributed by atoms with E-state index in [0.717, 1.165) is 18.4 Å². The molecule has 1 aromatic rings. The molecule has 0 aliphatic heterocycles. The van der Waals surface area contributed by atoms with Crippen molar-refractivity contribution in [2.75, 3.05) is 5.88 Å². The van der Waals surface area contributed by atoms with Gasteiger partial charge in [-0.05, 0) is 36.5 Å². The molecule has 1 rings (SSSR count). The fourth-order valence-electron chi connectivity index (χ4n) is 1.91. The summed E-state index contributed by atoms with van der Waals surface area (Å²) < 4.78 is 13.0. The Morgan fingerprint density at radius 3 is 2.75 bits per heavy atom. The molecule has 1 unspecified atom stereocenters. The highest BCUT2D eigenvalue weighted by molar-refractivity contribution is 6.18. The molecule has 0 radical (unpaired) electrons. The fraction of sp³-hybridized carbons (Fsp3) is 0.571. The van der Waals surface area contributed by atoms with Crippen LogP contribution < -0.4 is 0 Å². The molecule has 0 aliphatic rings. The lowest BCUT2D eigenvalue weighted by molar-refractivity contribution is 0.496. The summed E-state index contributed by atoms with van der Waals surface area (Å²) in [4.78, 5) is 0. The maximum absolute atomic E-state index is 13.0. The van der Waals surface area contributed by atoms with Crippen molar-refractivity contribution in [3.8, 4) is 0 Å². The van der Waals surface area contributed by atoms with Gasteiger partial charge in [0.15, 0.2) is 0 Å². The van der Waals surface area contributed by atoms with E-state index in [1.165, 1.54) is 25.3 Å². The van der Waals surface area contributed by atoms with Crippen molar-refractivity contribution in [3.63, 3.8) is 0 Å². The first-order valence-electron chi connectivity index (χ1n) is 6.06. The second kappa shape index (κ2) is 7.67. The van der Waals surface area contributed by atoms with Gasteiger partial charge in [0, 0.05) is 5.88 Å². The minimum atomic E-state index is -0.153. The Hall–Kier alpha value is -0.560. The van der Waals surface area contributed by atoms with Crippen molar-refractivity contribution in [2.45, 2.75) is 39.0 Å². The number of benzene rings is 1. The van der Waals surface area contributed by atoms with Gasteiger partial charge >= 0.3 is 0 Å². The van der Waals surface area contributed by atoms with E-state index >= 15 is 0 Å². The highest BCUT2D eigenvalue weighted by atomic mass is 35.5. The summed E-state index contributed by atoms with van der Waals surface area (Å²) in [6.07, 6.45) is 5.76. The first-order chi connectivity index (χ1) is 7.76. The van der Waals surface area contributed by atoms with Gasteiger partial charge in [-0.3, -0.25) is 0 Å². The molecule has 0 fully saturated rings. The van der Waals surface area contributed by atoms with Gasteiger partial charge in [-0.15, -0.1) is 11.6 Å². The van der Waals surface area contributed by atoms with Gasteiger partial charge in [0.1, 0.15) is 5.82 Å². The fourth-order valence-corrected chi connectivity index (χ4v) is 2.18. The molecule has 90 valence electrons. The van der Waals surface area contributed by atoms with E-state index in [-0.39, 0.29) is 5.82 Å². The lowest BCUT2D eigenvalue weighted by Crippen LogP contribution is -2.06. The number of rotatable bonds is 7. The van der Waals surface area contributed by atoms with Gasteiger partial charge in [0.25, 0.3) is 0 Å². The summed E-state index contributed by atoms with van der Waals surface area (Å²) in [6, 6.07) is 6.83. The Labute approximate surface area is 103 Å². The van der Waals surface area contributed by atoms with Crippen LogP contribution in [-0.4, -0.2) is 5.88 Å². The molecule has 0 bridgehead atoms. The van der Waals surface area contributed by atoms with Gasteiger partial charge in [-0.25, -0.2) is 4.39 Å².